The molecular weight excluding hydrogens is 283 g/mol. The molecule has 0 saturated carbocycles. The molecule has 2 heterocycles. The summed E-state index contributed by atoms with van der Waals surface area (Å²) in [5.41, 5.74) is 3.45. The molecule has 0 fully saturated rings. The summed E-state index contributed by atoms with van der Waals surface area (Å²) >= 11 is 0. The Bertz CT molecular complexity index is 771. The van der Waals surface area contributed by atoms with Gasteiger partial charge in [-0.05, 0) is 41.9 Å². The van der Waals surface area contributed by atoms with Crippen molar-refractivity contribution in [2.75, 3.05) is 13.1 Å². The number of hydrogen-bond acceptors (Lipinski definition) is 3. The Morgan fingerprint density at radius 2 is 2.32 bits per heavy atom. The molecule has 3 rings (SSSR count). The number of pyridine rings is 1. The van der Waals surface area contributed by atoms with Crippen molar-refractivity contribution in [3.8, 4) is 0 Å². The topological polar surface area (TPSA) is 53.4 Å². The molecule has 0 radical (unpaired) electrons. The number of aromatic nitrogens is 1. The molecule has 4 nitrogen and oxygen atoms in total. The molecule has 1 aromatic carbocycles. The highest BCUT2D eigenvalue weighted by molar-refractivity contribution is 5.94. The van der Waals surface area contributed by atoms with Crippen molar-refractivity contribution in [3.05, 3.63) is 46.9 Å². The van der Waals surface area contributed by atoms with Crippen LogP contribution in [-0.4, -0.2) is 34.0 Å². The average molecular weight is 300 g/mol. The van der Waals surface area contributed by atoms with Crippen LogP contribution in [-0.2, 0) is 17.8 Å². The van der Waals surface area contributed by atoms with E-state index < -0.39 is 5.97 Å². The van der Waals surface area contributed by atoms with Gasteiger partial charge in [-0.3, -0.25) is 9.88 Å². The van der Waals surface area contributed by atoms with Gasteiger partial charge in [0.05, 0.1) is 5.52 Å². The van der Waals surface area contributed by atoms with Gasteiger partial charge in [-0.15, -0.1) is 0 Å². The van der Waals surface area contributed by atoms with Crippen LogP contribution in [0.15, 0.2) is 24.3 Å². The van der Waals surface area contributed by atoms with E-state index in [9.17, 15) is 9.18 Å². The first-order chi connectivity index (χ1) is 10.6. The Morgan fingerprint density at radius 3 is 3.05 bits per heavy atom. The van der Waals surface area contributed by atoms with Gasteiger partial charge < -0.3 is 5.11 Å². The van der Waals surface area contributed by atoms with E-state index in [1.54, 1.807) is 12.1 Å². The molecule has 22 heavy (non-hydrogen) atoms. The number of rotatable bonds is 3. The van der Waals surface area contributed by atoms with Gasteiger partial charge in [-0.1, -0.05) is 6.92 Å². The number of hydrogen-bond donors (Lipinski definition) is 1. The minimum Gasteiger partial charge on any atom is -0.478 e. The predicted octanol–water partition coefficient (Wildman–Crippen LogP) is 2.85. The Kier molecular flexibility index (Phi) is 3.90. The Hall–Kier alpha value is -2.27. The highest BCUT2D eigenvalue weighted by Gasteiger charge is 2.21. The fraction of sp³-hybridized carbons (Fsp3) is 0.294. The number of carbonyl (C=O) groups is 1. The summed E-state index contributed by atoms with van der Waals surface area (Å²) in [7, 11) is 0. The lowest BCUT2D eigenvalue weighted by molar-refractivity contribution is -0.131. The number of nitrogens with zero attached hydrogens (tertiary/aromatic N) is 2. The van der Waals surface area contributed by atoms with Gasteiger partial charge >= 0.3 is 5.97 Å². The fourth-order valence-corrected chi connectivity index (χ4v) is 2.92. The van der Waals surface area contributed by atoms with Crippen molar-refractivity contribution in [1.82, 2.24) is 9.88 Å². The first kappa shape index (κ1) is 14.7. The van der Waals surface area contributed by atoms with Crippen LogP contribution in [0.5, 0.6) is 0 Å². The number of aliphatic carboxylic acids is 1. The zero-order valence-electron chi connectivity index (χ0n) is 12.3. The van der Waals surface area contributed by atoms with Gasteiger partial charge in [-0.2, -0.15) is 0 Å². The lowest BCUT2D eigenvalue weighted by Crippen LogP contribution is -2.31. The van der Waals surface area contributed by atoms with Crippen LogP contribution in [0.1, 0.15) is 23.7 Å². The Balaban J connectivity index is 2.24. The molecule has 0 unspecified atom stereocenters. The summed E-state index contributed by atoms with van der Waals surface area (Å²) in [6.45, 7) is 4.66. The van der Waals surface area contributed by atoms with Gasteiger partial charge in [0.1, 0.15) is 5.82 Å². The van der Waals surface area contributed by atoms with Crippen molar-refractivity contribution in [3.63, 3.8) is 0 Å². The maximum Gasteiger partial charge on any atom is 0.328 e. The number of benzene rings is 1. The van der Waals surface area contributed by atoms with Crippen LogP contribution < -0.4 is 0 Å². The van der Waals surface area contributed by atoms with E-state index in [2.05, 4.69) is 16.8 Å². The second kappa shape index (κ2) is 5.85. The number of likely N-dealkylation sites (N-methyl/N-ethyl adjacent to an activating group) is 1. The zero-order chi connectivity index (χ0) is 15.7. The maximum absolute atomic E-state index is 13.6. The van der Waals surface area contributed by atoms with Crippen LogP contribution in [0, 0.1) is 5.82 Å². The minimum absolute atomic E-state index is 0.345. The monoisotopic (exact) mass is 300 g/mol. The van der Waals surface area contributed by atoms with E-state index in [0.29, 0.717) is 17.4 Å². The van der Waals surface area contributed by atoms with Crippen LogP contribution >= 0.6 is 0 Å². The predicted molar refractivity (Wildman–Crippen MR) is 83.0 cm³/mol. The average Bonchev–Trinajstić information content (AvgIpc) is 2.51. The molecule has 2 aromatic rings. The normalized spacial score (nSPS) is 15.4. The first-order valence-corrected chi connectivity index (χ1v) is 7.33. The molecule has 0 amide bonds. The van der Waals surface area contributed by atoms with E-state index in [1.165, 1.54) is 12.1 Å². The number of carboxylic acids is 1. The van der Waals surface area contributed by atoms with Gasteiger partial charge in [-0.25, -0.2) is 9.18 Å². The van der Waals surface area contributed by atoms with Crippen molar-refractivity contribution in [2.45, 2.75) is 19.9 Å². The van der Waals surface area contributed by atoms with Crippen molar-refractivity contribution >= 4 is 22.9 Å². The van der Waals surface area contributed by atoms with Crippen LogP contribution in [0.2, 0.25) is 0 Å². The molecule has 1 aromatic heterocycles. The summed E-state index contributed by atoms with van der Waals surface area (Å²) in [4.78, 5) is 17.8. The zero-order valence-corrected chi connectivity index (χ0v) is 12.3. The van der Waals surface area contributed by atoms with Crippen molar-refractivity contribution < 1.29 is 14.3 Å². The lowest BCUT2D eigenvalue weighted by Gasteiger charge is -2.28. The maximum atomic E-state index is 13.6. The number of carboxylic acid groups (broad SMARTS) is 1. The summed E-state index contributed by atoms with van der Waals surface area (Å²) in [5, 5.41) is 9.58. The lowest BCUT2D eigenvalue weighted by atomic mass is 9.95. The Morgan fingerprint density at radius 1 is 1.50 bits per heavy atom. The third-order valence-corrected chi connectivity index (χ3v) is 4.06. The van der Waals surface area contributed by atoms with Crippen molar-refractivity contribution in [1.29, 1.82) is 0 Å². The largest absolute Gasteiger partial charge is 0.478 e. The van der Waals surface area contributed by atoms with Gasteiger partial charge in [0.2, 0.25) is 0 Å². The SMILES string of the molecule is CCN1CCc2nc3ccc(F)cc3c(/C=C/C(=O)O)c2C1. The van der Waals surface area contributed by atoms with E-state index in [1.807, 2.05) is 0 Å². The molecule has 1 aliphatic heterocycles. The molecule has 114 valence electrons. The molecule has 0 aliphatic carbocycles. The highest BCUT2D eigenvalue weighted by Crippen LogP contribution is 2.29. The van der Waals surface area contributed by atoms with E-state index in [4.69, 9.17) is 5.11 Å². The van der Waals surface area contributed by atoms with Crippen LogP contribution in [0.4, 0.5) is 4.39 Å². The Labute approximate surface area is 127 Å². The minimum atomic E-state index is -1.02. The third kappa shape index (κ3) is 2.72. The summed E-state index contributed by atoms with van der Waals surface area (Å²) in [6.07, 6.45) is 3.49. The number of fused-ring (bicyclic) bond motifs is 2. The number of halogens is 1. The molecule has 1 N–H and O–H groups in total. The third-order valence-electron chi connectivity index (χ3n) is 4.06. The van der Waals surface area contributed by atoms with E-state index >= 15 is 0 Å². The molecule has 5 heteroatoms. The van der Waals surface area contributed by atoms with E-state index in [0.717, 1.165) is 42.4 Å². The standard InChI is InChI=1S/C17H17FN2O2/c1-2-20-8-7-16-14(10-20)12(4-6-17(21)22)13-9-11(18)3-5-15(13)19-16/h3-6,9H,2,7-8,10H2,1H3,(H,21,22)/b6-4+. The van der Waals surface area contributed by atoms with Gasteiger partial charge in [0, 0.05) is 36.7 Å². The molecule has 0 atom stereocenters. The van der Waals surface area contributed by atoms with Crippen LogP contribution in [0.3, 0.4) is 0 Å². The highest BCUT2D eigenvalue weighted by atomic mass is 19.1. The van der Waals surface area contributed by atoms with Gasteiger partial charge in [0.15, 0.2) is 0 Å². The summed E-state index contributed by atoms with van der Waals surface area (Å²) in [5.74, 6) is -1.36. The van der Waals surface area contributed by atoms with Crippen molar-refractivity contribution in [2.24, 2.45) is 0 Å². The quantitative estimate of drug-likeness (QED) is 0.886. The molecule has 0 spiro atoms. The first-order valence-electron chi connectivity index (χ1n) is 7.33. The molecule has 1 aliphatic rings. The smallest absolute Gasteiger partial charge is 0.328 e. The second-order valence-electron chi connectivity index (χ2n) is 5.40. The van der Waals surface area contributed by atoms with E-state index in [-0.39, 0.29) is 5.82 Å². The van der Waals surface area contributed by atoms with Crippen LogP contribution in [0.25, 0.3) is 17.0 Å². The fourth-order valence-electron chi connectivity index (χ4n) is 2.92. The van der Waals surface area contributed by atoms with Gasteiger partial charge in [0.25, 0.3) is 0 Å². The molecule has 0 bridgehead atoms. The summed E-state index contributed by atoms with van der Waals surface area (Å²) < 4.78 is 13.6. The molecular formula is C17H17FN2O2. The summed E-state index contributed by atoms with van der Waals surface area (Å²) in [6, 6.07) is 4.46. The second-order valence-corrected chi connectivity index (χ2v) is 5.40. The molecule has 0 saturated heterocycles.